The molecule has 7 rings (SSSR count). The first-order chi connectivity index (χ1) is 23.5. The van der Waals surface area contributed by atoms with Crippen LogP contribution in [-0.4, -0.2) is 27.2 Å². The molecule has 48 heavy (non-hydrogen) atoms. The summed E-state index contributed by atoms with van der Waals surface area (Å²) in [7, 11) is 0. The Balaban J connectivity index is 1.23. The van der Waals surface area contributed by atoms with E-state index in [1.54, 1.807) is 11.8 Å². The second-order valence-corrected chi connectivity index (χ2v) is 12.9. The molecule has 1 amide bonds. The van der Waals surface area contributed by atoms with E-state index in [0.29, 0.717) is 39.4 Å². The Bertz CT molecular complexity index is 2100. The molecule has 2 heterocycles. The summed E-state index contributed by atoms with van der Waals surface area (Å²) in [6, 6.07) is 42.4. The number of hydrogen-bond donors (Lipinski definition) is 0. The molecule has 0 saturated carbocycles. The minimum atomic E-state index is -0.197. The SMILES string of the molecule is O=C1/C(=C\c2cn(-c3ccccc3)nc2-c2ccc(OCc3ccc(Cl)cc3)cc2)C(CSc2ccc(Cl)cc2)=NN1c1ccccc1. The van der Waals surface area contributed by atoms with Crippen LogP contribution >= 0.6 is 35.0 Å². The Kier molecular flexibility index (Phi) is 9.43. The van der Waals surface area contributed by atoms with Crippen LogP contribution in [0.15, 0.2) is 155 Å². The number of aromatic nitrogens is 2. The predicted molar refractivity (Wildman–Crippen MR) is 196 cm³/mol. The van der Waals surface area contributed by atoms with E-state index >= 15 is 0 Å². The van der Waals surface area contributed by atoms with Crippen molar-refractivity contribution >= 4 is 58.3 Å². The molecule has 0 atom stereocenters. The number of thioether (sulfide) groups is 1. The molecule has 236 valence electrons. The van der Waals surface area contributed by atoms with Crippen molar-refractivity contribution in [2.24, 2.45) is 5.10 Å². The van der Waals surface area contributed by atoms with Gasteiger partial charge in [-0.3, -0.25) is 4.79 Å². The van der Waals surface area contributed by atoms with Gasteiger partial charge < -0.3 is 4.74 Å². The Morgan fingerprint density at radius 2 is 1.35 bits per heavy atom. The number of benzene rings is 5. The first kappa shape index (κ1) is 31.5. The van der Waals surface area contributed by atoms with Crippen LogP contribution in [0.3, 0.4) is 0 Å². The van der Waals surface area contributed by atoms with E-state index < -0.39 is 0 Å². The Hall–Kier alpha value is -5.08. The van der Waals surface area contributed by atoms with Crippen molar-refractivity contribution in [3.63, 3.8) is 0 Å². The highest BCUT2D eigenvalue weighted by molar-refractivity contribution is 8.00. The number of hydrazone groups is 1. The number of carbonyl (C=O) groups is 1. The van der Waals surface area contributed by atoms with Crippen molar-refractivity contribution in [1.82, 2.24) is 9.78 Å². The molecule has 1 aliphatic heterocycles. The van der Waals surface area contributed by atoms with Crippen LogP contribution in [0.1, 0.15) is 11.1 Å². The quantitative estimate of drug-likeness (QED) is 0.106. The fourth-order valence-corrected chi connectivity index (χ4v) is 6.28. The highest BCUT2D eigenvalue weighted by Gasteiger charge is 2.31. The van der Waals surface area contributed by atoms with Crippen LogP contribution in [0, 0.1) is 0 Å². The van der Waals surface area contributed by atoms with E-state index in [0.717, 1.165) is 38.7 Å². The third kappa shape index (κ3) is 7.24. The average molecular weight is 688 g/mol. The molecule has 0 saturated heterocycles. The number of rotatable bonds is 10. The summed E-state index contributed by atoms with van der Waals surface area (Å²) in [6.45, 7) is 0.423. The number of para-hydroxylation sites is 2. The third-order valence-corrected chi connectivity index (χ3v) is 9.18. The lowest BCUT2D eigenvalue weighted by Gasteiger charge is -2.11. The molecule has 0 radical (unpaired) electrons. The van der Waals surface area contributed by atoms with Crippen LogP contribution in [0.2, 0.25) is 10.0 Å². The maximum Gasteiger partial charge on any atom is 0.280 e. The number of amides is 1. The van der Waals surface area contributed by atoms with Gasteiger partial charge in [0.15, 0.2) is 0 Å². The molecule has 6 aromatic rings. The molecular weight excluding hydrogens is 659 g/mol. The summed E-state index contributed by atoms with van der Waals surface area (Å²) in [5.41, 5.74) is 6.22. The van der Waals surface area contributed by atoms with E-state index in [4.69, 9.17) is 38.1 Å². The summed E-state index contributed by atoms with van der Waals surface area (Å²) in [5.74, 6) is 1.02. The van der Waals surface area contributed by atoms with Crippen LogP contribution in [0.25, 0.3) is 23.0 Å². The van der Waals surface area contributed by atoms with Crippen molar-refractivity contribution < 1.29 is 9.53 Å². The molecule has 0 N–H and O–H groups in total. The zero-order valence-corrected chi connectivity index (χ0v) is 27.9. The van der Waals surface area contributed by atoms with Gasteiger partial charge in [0.2, 0.25) is 0 Å². The summed E-state index contributed by atoms with van der Waals surface area (Å²) in [6.07, 6.45) is 3.85. The average Bonchev–Trinajstić information content (AvgIpc) is 3.69. The third-order valence-electron chi connectivity index (χ3n) is 7.65. The highest BCUT2D eigenvalue weighted by Crippen LogP contribution is 2.32. The molecule has 1 aromatic heterocycles. The Labute approximate surface area is 292 Å². The van der Waals surface area contributed by atoms with Gasteiger partial charge in [-0.25, -0.2) is 4.68 Å². The number of carbonyl (C=O) groups excluding carboxylic acids is 1. The molecule has 0 bridgehead atoms. The Morgan fingerprint density at radius 3 is 2.02 bits per heavy atom. The van der Waals surface area contributed by atoms with Gasteiger partial charge in [-0.05, 0) is 96.6 Å². The molecule has 0 fully saturated rings. The topological polar surface area (TPSA) is 59.7 Å². The smallest absolute Gasteiger partial charge is 0.280 e. The number of anilines is 1. The first-order valence-electron chi connectivity index (χ1n) is 15.2. The van der Waals surface area contributed by atoms with Crippen LogP contribution in [-0.2, 0) is 11.4 Å². The number of nitrogens with zero attached hydrogens (tertiary/aromatic N) is 4. The molecule has 0 unspecified atom stereocenters. The maximum atomic E-state index is 14.0. The zero-order valence-electron chi connectivity index (χ0n) is 25.5. The van der Waals surface area contributed by atoms with Gasteiger partial charge in [0.05, 0.1) is 28.4 Å². The summed E-state index contributed by atoms with van der Waals surface area (Å²) in [4.78, 5) is 15.0. The van der Waals surface area contributed by atoms with Gasteiger partial charge in [-0.1, -0.05) is 71.7 Å². The lowest BCUT2D eigenvalue weighted by atomic mass is 10.0. The van der Waals surface area contributed by atoms with Crippen molar-refractivity contribution in [2.45, 2.75) is 11.5 Å². The highest BCUT2D eigenvalue weighted by atomic mass is 35.5. The molecule has 9 heteroatoms. The zero-order chi connectivity index (χ0) is 32.9. The van der Waals surface area contributed by atoms with Crippen molar-refractivity contribution in [1.29, 1.82) is 0 Å². The number of ether oxygens (including phenoxy) is 1. The molecule has 5 aromatic carbocycles. The van der Waals surface area contributed by atoms with Crippen molar-refractivity contribution in [3.05, 3.63) is 166 Å². The van der Waals surface area contributed by atoms with Gasteiger partial charge in [0, 0.05) is 38.0 Å². The lowest BCUT2D eigenvalue weighted by Crippen LogP contribution is -2.21. The van der Waals surface area contributed by atoms with Gasteiger partial charge >= 0.3 is 0 Å². The minimum Gasteiger partial charge on any atom is -0.489 e. The normalized spacial score (nSPS) is 13.6. The number of halogens is 2. The van der Waals surface area contributed by atoms with Crippen molar-refractivity contribution in [2.75, 3.05) is 10.8 Å². The van der Waals surface area contributed by atoms with Crippen LogP contribution in [0.4, 0.5) is 5.69 Å². The van der Waals surface area contributed by atoms with Crippen LogP contribution < -0.4 is 9.75 Å². The Morgan fingerprint density at radius 1 is 0.729 bits per heavy atom. The molecule has 0 spiro atoms. The summed E-state index contributed by atoms with van der Waals surface area (Å²) >= 11 is 13.7. The van der Waals surface area contributed by atoms with Crippen LogP contribution in [0.5, 0.6) is 5.75 Å². The number of hydrogen-bond acceptors (Lipinski definition) is 5. The second-order valence-electron chi connectivity index (χ2n) is 11.0. The largest absolute Gasteiger partial charge is 0.489 e. The van der Waals surface area contributed by atoms with Gasteiger partial charge in [-0.2, -0.15) is 15.2 Å². The molecule has 0 aliphatic carbocycles. The fourth-order valence-electron chi connectivity index (χ4n) is 5.18. The van der Waals surface area contributed by atoms with Gasteiger partial charge in [0.1, 0.15) is 12.4 Å². The first-order valence-corrected chi connectivity index (χ1v) is 16.9. The molecule has 6 nitrogen and oxygen atoms in total. The van der Waals surface area contributed by atoms with E-state index in [-0.39, 0.29) is 5.91 Å². The monoisotopic (exact) mass is 686 g/mol. The summed E-state index contributed by atoms with van der Waals surface area (Å²) < 4.78 is 7.86. The van der Waals surface area contributed by atoms with E-state index in [1.807, 2.05) is 150 Å². The van der Waals surface area contributed by atoms with Crippen molar-refractivity contribution in [3.8, 4) is 22.7 Å². The molecule has 1 aliphatic rings. The standard InChI is InChI=1S/C39H28Cl2N4O2S/c40-30-15-11-27(12-16-30)25-47-34-19-13-28(14-20-34)38-29(24-44(43-38)32-7-3-1-4-8-32)23-36-37(26-48-35-21-17-31(41)18-22-35)42-45(39(36)46)33-9-5-2-6-10-33/h1-24H,25-26H2/b36-23-. The van der Waals surface area contributed by atoms with E-state index in [1.165, 1.54) is 5.01 Å². The van der Waals surface area contributed by atoms with E-state index in [9.17, 15) is 4.79 Å². The maximum absolute atomic E-state index is 14.0. The lowest BCUT2D eigenvalue weighted by molar-refractivity contribution is -0.114. The van der Waals surface area contributed by atoms with Gasteiger partial charge in [0.25, 0.3) is 5.91 Å². The second kappa shape index (κ2) is 14.4. The molecular formula is C39H28Cl2N4O2S. The minimum absolute atomic E-state index is 0.197. The fraction of sp³-hybridized carbons (Fsp3) is 0.0513. The van der Waals surface area contributed by atoms with Gasteiger partial charge in [-0.15, -0.1) is 11.8 Å². The predicted octanol–water partition coefficient (Wildman–Crippen LogP) is 10.0. The summed E-state index contributed by atoms with van der Waals surface area (Å²) in [5, 5.41) is 12.6. The van der Waals surface area contributed by atoms with E-state index in [2.05, 4.69) is 0 Å².